The number of benzene rings is 1. The summed E-state index contributed by atoms with van der Waals surface area (Å²) in [5.74, 6) is 0. The molecule has 0 bridgehead atoms. The summed E-state index contributed by atoms with van der Waals surface area (Å²) in [5.41, 5.74) is 3.26. The summed E-state index contributed by atoms with van der Waals surface area (Å²) in [6.07, 6.45) is 1.63. The largest absolute Gasteiger partial charge is 0.390 e. The third kappa shape index (κ3) is 1.81. The molecule has 5 heteroatoms. The number of aromatic nitrogens is 3. The number of imidazole rings is 1. The van der Waals surface area contributed by atoms with E-state index in [-0.39, 0.29) is 6.61 Å². The van der Waals surface area contributed by atoms with E-state index in [1.54, 1.807) is 10.7 Å². The van der Waals surface area contributed by atoms with Crippen LogP contribution in [0.4, 0.5) is 0 Å². The number of rotatable bonds is 2. The van der Waals surface area contributed by atoms with E-state index in [1.165, 1.54) is 0 Å². The highest BCUT2D eigenvalue weighted by molar-refractivity contribution is 9.10. The predicted octanol–water partition coefficient (Wildman–Crippen LogP) is 2.65. The molecule has 90 valence electrons. The van der Waals surface area contributed by atoms with Crippen molar-refractivity contribution >= 4 is 21.6 Å². The number of halogens is 1. The summed E-state index contributed by atoms with van der Waals surface area (Å²) in [6.45, 7) is -0.0758. The van der Waals surface area contributed by atoms with Crippen LogP contribution in [-0.2, 0) is 6.61 Å². The van der Waals surface area contributed by atoms with Gasteiger partial charge in [0, 0.05) is 10.0 Å². The minimum atomic E-state index is -0.0758. The molecule has 3 rings (SSSR count). The first kappa shape index (κ1) is 11.4. The number of fused-ring (bicyclic) bond motifs is 1. The molecule has 18 heavy (non-hydrogen) atoms. The van der Waals surface area contributed by atoms with Crippen LogP contribution < -0.4 is 0 Å². The molecular weight excluding hydrogens is 294 g/mol. The molecule has 0 saturated carbocycles. The molecule has 0 atom stereocenters. The fourth-order valence-corrected chi connectivity index (χ4v) is 2.33. The topological polar surface area (TPSA) is 50.4 Å². The van der Waals surface area contributed by atoms with Crippen molar-refractivity contribution in [2.45, 2.75) is 6.61 Å². The van der Waals surface area contributed by atoms with Gasteiger partial charge in [-0.1, -0.05) is 34.1 Å². The van der Waals surface area contributed by atoms with Gasteiger partial charge in [-0.25, -0.2) is 9.50 Å². The van der Waals surface area contributed by atoms with Crippen LogP contribution in [0.1, 0.15) is 5.69 Å². The molecule has 0 amide bonds. The first-order chi connectivity index (χ1) is 8.79. The number of nitrogens with zero attached hydrogens (tertiary/aromatic N) is 3. The van der Waals surface area contributed by atoms with E-state index in [2.05, 4.69) is 26.0 Å². The second-order valence-electron chi connectivity index (χ2n) is 3.88. The molecule has 2 aromatic heterocycles. The highest BCUT2D eigenvalue weighted by Crippen LogP contribution is 2.26. The second-order valence-corrected chi connectivity index (χ2v) is 4.73. The lowest BCUT2D eigenvalue weighted by Crippen LogP contribution is -1.99. The van der Waals surface area contributed by atoms with E-state index in [4.69, 9.17) is 0 Å². The Morgan fingerprint density at radius 3 is 2.78 bits per heavy atom. The lowest BCUT2D eigenvalue weighted by Gasteiger charge is -2.05. The highest BCUT2D eigenvalue weighted by Gasteiger charge is 2.08. The highest BCUT2D eigenvalue weighted by atomic mass is 79.9. The lowest BCUT2D eigenvalue weighted by atomic mass is 10.1. The average molecular weight is 304 g/mol. The third-order valence-corrected chi connectivity index (χ3v) is 3.44. The van der Waals surface area contributed by atoms with E-state index in [1.807, 2.05) is 36.4 Å². The van der Waals surface area contributed by atoms with Crippen molar-refractivity contribution < 1.29 is 5.11 Å². The Hall–Kier alpha value is -1.72. The van der Waals surface area contributed by atoms with Crippen molar-refractivity contribution in [2.24, 2.45) is 0 Å². The second kappa shape index (κ2) is 4.51. The molecule has 1 aromatic carbocycles. The van der Waals surface area contributed by atoms with Crippen LogP contribution >= 0.6 is 15.9 Å². The monoisotopic (exact) mass is 303 g/mol. The first-order valence-corrected chi connectivity index (χ1v) is 6.28. The zero-order chi connectivity index (χ0) is 12.5. The van der Waals surface area contributed by atoms with E-state index in [9.17, 15) is 5.11 Å². The molecule has 0 unspecified atom stereocenters. The Labute approximate surface area is 112 Å². The molecule has 0 aliphatic heterocycles. The minimum Gasteiger partial charge on any atom is -0.390 e. The summed E-state index contributed by atoms with van der Waals surface area (Å²) < 4.78 is 2.65. The van der Waals surface area contributed by atoms with Crippen molar-refractivity contribution in [1.29, 1.82) is 0 Å². The molecule has 0 aliphatic rings. The van der Waals surface area contributed by atoms with Gasteiger partial charge in [0.15, 0.2) is 5.65 Å². The molecule has 0 saturated heterocycles. The molecule has 0 fully saturated rings. The van der Waals surface area contributed by atoms with E-state index < -0.39 is 0 Å². The quantitative estimate of drug-likeness (QED) is 0.792. The van der Waals surface area contributed by atoms with Gasteiger partial charge < -0.3 is 5.11 Å². The Morgan fingerprint density at radius 2 is 2.00 bits per heavy atom. The zero-order valence-corrected chi connectivity index (χ0v) is 11.0. The normalized spacial score (nSPS) is 11.0. The van der Waals surface area contributed by atoms with Crippen LogP contribution in [0.2, 0.25) is 0 Å². The molecule has 0 aliphatic carbocycles. The maximum Gasteiger partial charge on any atom is 0.153 e. The smallest absolute Gasteiger partial charge is 0.153 e. The summed E-state index contributed by atoms with van der Waals surface area (Å²) in [4.78, 5) is 4.18. The van der Waals surface area contributed by atoms with Crippen LogP contribution in [0, 0.1) is 0 Å². The molecule has 0 spiro atoms. The number of aliphatic hydroxyl groups excluding tert-OH is 1. The van der Waals surface area contributed by atoms with Crippen molar-refractivity contribution in [1.82, 2.24) is 14.6 Å². The van der Waals surface area contributed by atoms with Gasteiger partial charge in [0.25, 0.3) is 0 Å². The van der Waals surface area contributed by atoms with Gasteiger partial charge in [-0.2, -0.15) is 5.10 Å². The fraction of sp³-hybridized carbons (Fsp3) is 0.0769. The standard InChI is InChI=1S/C13H10BrN3O/c14-11-4-2-1-3-10(11)12-5-6-13-15-7-9(8-18)17(13)16-12/h1-7,18H,8H2. The summed E-state index contributed by atoms with van der Waals surface area (Å²) in [5, 5.41) is 13.7. The van der Waals surface area contributed by atoms with Gasteiger partial charge in [0.2, 0.25) is 0 Å². The maximum absolute atomic E-state index is 9.23. The lowest BCUT2D eigenvalue weighted by molar-refractivity contribution is 0.274. The number of hydrogen-bond acceptors (Lipinski definition) is 3. The van der Waals surface area contributed by atoms with Gasteiger partial charge in [0.1, 0.15) is 0 Å². The van der Waals surface area contributed by atoms with Gasteiger partial charge in [-0.15, -0.1) is 0 Å². The minimum absolute atomic E-state index is 0.0758. The Balaban J connectivity index is 2.21. The molecule has 3 aromatic rings. The van der Waals surface area contributed by atoms with E-state index in [0.717, 1.165) is 21.4 Å². The van der Waals surface area contributed by atoms with Gasteiger partial charge >= 0.3 is 0 Å². The van der Waals surface area contributed by atoms with E-state index >= 15 is 0 Å². The Bertz CT molecular complexity index is 708. The molecule has 2 heterocycles. The fourth-order valence-electron chi connectivity index (χ4n) is 1.84. The zero-order valence-electron chi connectivity index (χ0n) is 9.42. The van der Waals surface area contributed by atoms with Crippen molar-refractivity contribution in [3.8, 4) is 11.3 Å². The summed E-state index contributed by atoms with van der Waals surface area (Å²) >= 11 is 3.51. The first-order valence-electron chi connectivity index (χ1n) is 5.49. The van der Waals surface area contributed by atoms with Crippen molar-refractivity contribution in [3.63, 3.8) is 0 Å². The van der Waals surface area contributed by atoms with Crippen LogP contribution in [0.25, 0.3) is 16.9 Å². The Kier molecular flexibility index (Phi) is 2.85. The number of hydrogen-bond donors (Lipinski definition) is 1. The van der Waals surface area contributed by atoms with Gasteiger partial charge in [0.05, 0.1) is 24.2 Å². The maximum atomic E-state index is 9.23. The molecule has 0 radical (unpaired) electrons. The summed E-state index contributed by atoms with van der Waals surface area (Å²) in [7, 11) is 0. The number of aliphatic hydroxyl groups is 1. The van der Waals surface area contributed by atoms with Crippen LogP contribution in [0.3, 0.4) is 0 Å². The molecular formula is C13H10BrN3O. The SMILES string of the molecule is OCc1cnc2ccc(-c3ccccc3Br)nn12. The molecule has 1 N–H and O–H groups in total. The molecule has 4 nitrogen and oxygen atoms in total. The van der Waals surface area contributed by atoms with Crippen molar-refractivity contribution in [3.05, 3.63) is 52.8 Å². The van der Waals surface area contributed by atoms with Gasteiger partial charge in [-0.3, -0.25) is 0 Å². The summed E-state index contributed by atoms with van der Waals surface area (Å²) in [6, 6.07) is 11.7. The van der Waals surface area contributed by atoms with Crippen LogP contribution in [0.15, 0.2) is 47.1 Å². The van der Waals surface area contributed by atoms with Crippen LogP contribution in [0.5, 0.6) is 0 Å². The van der Waals surface area contributed by atoms with Gasteiger partial charge in [-0.05, 0) is 18.2 Å². The Morgan fingerprint density at radius 1 is 1.17 bits per heavy atom. The predicted molar refractivity (Wildman–Crippen MR) is 72.0 cm³/mol. The van der Waals surface area contributed by atoms with Crippen LogP contribution in [-0.4, -0.2) is 19.7 Å². The van der Waals surface area contributed by atoms with E-state index in [0.29, 0.717) is 5.69 Å². The average Bonchev–Trinajstić information content (AvgIpc) is 2.81. The van der Waals surface area contributed by atoms with Crippen molar-refractivity contribution in [2.75, 3.05) is 0 Å². The third-order valence-electron chi connectivity index (χ3n) is 2.74.